The van der Waals surface area contributed by atoms with Crippen LogP contribution in [0.4, 0.5) is 0 Å². The molecule has 5 nitrogen and oxygen atoms in total. The van der Waals surface area contributed by atoms with Crippen LogP contribution in [0.5, 0.6) is 5.75 Å². The molecule has 2 N–H and O–H groups in total. The molecule has 0 aliphatic carbocycles. The van der Waals surface area contributed by atoms with E-state index < -0.39 is 0 Å². The molecule has 1 atom stereocenters. The van der Waals surface area contributed by atoms with Crippen molar-refractivity contribution in [1.29, 1.82) is 0 Å². The third-order valence-electron chi connectivity index (χ3n) is 4.11. The Kier molecular flexibility index (Phi) is 8.55. The molecule has 0 aromatic heterocycles. The van der Waals surface area contributed by atoms with Crippen LogP contribution in [0.1, 0.15) is 25.8 Å². The fourth-order valence-corrected chi connectivity index (χ4v) is 2.55. The van der Waals surface area contributed by atoms with Gasteiger partial charge in [-0.3, -0.25) is 0 Å². The number of hydrogen-bond acceptors (Lipinski definition) is 5. The normalized spacial score (nSPS) is 13.3. The van der Waals surface area contributed by atoms with Crippen LogP contribution in [0.2, 0.25) is 0 Å². The first-order valence-corrected chi connectivity index (χ1v) is 7.97. The van der Waals surface area contributed by atoms with Crippen LogP contribution in [-0.2, 0) is 20.6 Å². The number of methoxy groups -OCH3 is 3. The summed E-state index contributed by atoms with van der Waals surface area (Å²) in [6, 6.07) is 7.95. The summed E-state index contributed by atoms with van der Waals surface area (Å²) in [5.41, 5.74) is 7.24. The molecule has 0 fully saturated rings. The van der Waals surface area contributed by atoms with E-state index >= 15 is 0 Å². The van der Waals surface area contributed by atoms with E-state index in [1.165, 1.54) is 0 Å². The van der Waals surface area contributed by atoms with Gasteiger partial charge in [-0.05, 0) is 24.1 Å². The molecule has 0 spiro atoms. The van der Waals surface area contributed by atoms with Gasteiger partial charge < -0.3 is 24.7 Å². The molecule has 0 bridgehead atoms. The second-order valence-electron chi connectivity index (χ2n) is 6.28. The molecule has 0 saturated carbocycles. The Bertz CT molecular complexity index is 446. The van der Waals surface area contributed by atoms with Gasteiger partial charge in [-0.1, -0.05) is 26.0 Å². The summed E-state index contributed by atoms with van der Waals surface area (Å²) in [5.74, 6) is 0.860. The number of hydrogen-bond donors (Lipinski definition) is 1. The van der Waals surface area contributed by atoms with E-state index in [1.54, 1.807) is 21.3 Å². The number of nitrogens with two attached hydrogens (primary N) is 1. The largest absolute Gasteiger partial charge is 0.493 e. The minimum atomic E-state index is -0.342. The monoisotopic (exact) mass is 325 g/mol. The minimum Gasteiger partial charge on any atom is -0.493 e. The number of benzene rings is 1. The highest BCUT2D eigenvalue weighted by Gasteiger charge is 2.36. The standard InChI is InChI=1S/C18H31NO4/c1-18(2,17(21-4)22-5)16(19)13-14-8-6-9-15(12-14)23-11-7-10-20-3/h6,8-9,12,16-17H,7,10-11,13,19H2,1-5H3. The van der Waals surface area contributed by atoms with Gasteiger partial charge in [0.15, 0.2) is 6.29 Å². The second kappa shape index (κ2) is 9.88. The second-order valence-corrected chi connectivity index (χ2v) is 6.28. The smallest absolute Gasteiger partial charge is 0.163 e. The third-order valence-corrected chi connectivity index (χ3v) is 4.11. The molecule has 1 unspecified atom stereocenters. The van der Waals surface area contributed by atoms with Crippen LogP contribution in [-0.4, -0.2) is 46.9 Å². The lowest BCUT2D eigenvalue weighted by molar-refractivity contribution is -0.173. The number of ether oxygens (including phenoxy) is 4. The van der Waals surface area contributed by atoms with Gasteiger partial charge in [-0.15, -0.1) is 0 Å². The van der Waals surface area contributed by atoms with Crippen molar-refractivity contribution in [1.82, 2.24) is 0 Å². The van der Waals surface area contributed by atoms with E-state index in [1.807, 2.05) is 18.2 Å². The summed E-state index contributed by atoms with van der Waals surface area (Å²) in [6.07, 6.45) is 1.26. The van der Waals surface area contributed by atoms with Gasteiger partial charge in [-0.25, -0.2) is 0 Å². The van der Waals surface area contributed by atoms with Gasteiger partial charge in [0, 0.05) is 45.8 Å². The van der Waals surface area contributed by atoms with Gasteiger partial charge >= 0.3 is 0 Å². The maximum Gasteiger partial charge on any atom is 0.163 e. The minimum absolute atomic E-state index is 0.101. The van der Waals surface area contributed by atoms with Crippen LogP contribution in [0.15, 0.2) is 24.3 Å². The molecule has 1 rings (SSSR count). The molecular formula is C18H31NO4. The van der Waals surface area contributed by atoms with Crippen molar-refractivity contribution in [2.75, 3.05) is 34.5 Å². The van der Waals surface area contributed by atoms with Crippen molar-refractivity contribution in [2.45, 2.75) is 39.0 Å². The van der Waals surface area contributed by atoms with Crippen molar-refractivity contribution in [3.05, 3.63) is 29.8 Å². The highest BCUT2D eigenvalue weighted by Crippen LogP contribution is 2.29. The molecule has 0 saturated heterocycles. The fraction of sp³-hybridized carbons (Fsp3) is 0.667. The lowest BCUT2D eigenvalue weighted by atomic mass is 9.81. The Morgan fingerprint density at radius 2 is 1.78 bits per heavy atom. The first kappa shape index (κ1) is 19.9. The predicted octanol–water partition coefficient (Wildman–Crippen LogP) is 2.62. The molecule has 132 valence electrons. The summed E-state index contributed by atoms with van der Waals surface area (Å²) in [4.78, 5) is 0. The Morgan fingerprint density at radius 3 is 2.39 bits per heavy atom. The average molecular weight is 325 g/mol. The Morgan fingerprint density at radius 1 is 1.09 bits per heavy atom. The molecule has 23 heavy (non-hydrogen) atoms. The predicted molar refractivity (Wildman–Crippen MR) is 91.7 cm³/mol. The van der Waals surface area contributed by atoms with Gasteiger partial charge in [0.1, 0.15) is 5.75 Å². The van der Waals surface area contributed by atoms with Gasteiger partial charge in [0.2, 0.25) is 0 Å². The van der Waals surface area contributed by atoms with Crippen LogP contribution >= 0.6 is 0 Å². The van der Waals surface area contributed by atoms with E-state index in [0.717, 1.165) is 24.2 Å². The topological polar surface area (TPSA) is 62.9 Å². The van der Waals surface area contributed by atoms with Crippen molar-refractivity contribution in [2.24, 2.45) is 11.1 Å². The highest BCUT2D eigenvalue weighted by atomic mass is 16.7. The van der Waals surface area contributed by atoms with E-state index in [-0.39, 0.29) is 17.7 Å². The molecule has 1 aromatic rings. The zero-order valence-electron chi connectivity index (χ0n) is 15.0. The summed E-state index contributed by atoms with van der Waals surface area (Å²) < 4.78 is 21.5. The van der Waals surface area contributed by atoms with Gasteiger partial charge in [0.25, 0.3) is 0 Å². The molecule has 0 radical (unpaired) electrons. The molecule has 0 heterocycles. The summed E-state index contributed by atoms with van der Waals surface area (Å²) in [5, 5.41) is 0. The van der Waals surface area contributed by atoms with Crippen molar-refractivity contribution < 1.29 is 18.9 Å². The molecule has 1 aromatic carbocycles. The quantitative estimate of drug-likeness (QED) is 0.500. The summed E-state index contributed by atoms with van der Waals surface area (Å²) >= 11 is 0. The molecule has 0 aliphatic rings. The highest BCUT2D eigenvalue weighted by molar-refractivity contribution is 5.29. The maximum absolute atomic E-state index is 6.41. The van der Waals surface area contributed by atoms with Crippen molar-refractivity contribution in [3.8, 4) is 5.75 Å². The Balaban J connectivity index is 2.65. The molecule has 0 amide bonds. The molecular weight excluding hydrogens is 294 g/mol. The van der Waals surface area contributed by atoms with Crippen LogP contribution < -0.4 is 10.5 Å². The first-order valence-electron chi connectivity index (χ1n) is 7.97. The van der Waals surface area contributed by atoms with E-state index in [2.05, 4.69) is 19.9 Å². The van der Waals surface area contributed by atoms with Crippen LogP contribution in [0, 0.1) is 5.41 Å². The Hall–Kier alpha value is -1.14. The third kappa shape index (κ3) is 6.11. The van der Waals surface area contributed by atoms with Gasteiger partial charge in [-0.2, -0.15) is 0 Å². The lowest BCUT2D eigenvalue weighted by Gasteiger charge is -2.37. The Labute approximate surface area is 140 Å². The van der Waals surface area contributed by atoms with Crippen LogP contribution in [0.3, 0.4) is 0 Å². The maximum atomic E-state index is 6.41. The SMILES string of the molecule is COCCCOc1cccc(CC(N)C(C)(C)C(OC)OC)c1. The van der Waals surface area contributed by atoms with E-state index in [4.69, 9.17) is 24.7 Å². The zero-order valence-corrected chi connectivity index (χ0v) is 15.0. The first-order chi connectivity index (χ1) is 11.0. The van der Waals surface area contributed by atoms with Gasteiger partial charge in [0.05, 0.1) is 6.61 Å². The van der Waals surface area contributed by atoms with Crippen LogP contribution in [0.25, 0.3) is 0 Å². The molecule has 0 aliphatic heterocycles. The summed E-state index contributed by atoms with van der Waals surface area (Å²) in [7, 11) is 4.96. The lowest BCUT2D eigenvalue weighted by Crippen LogP contribution is -2.48. The van der Waals surface area contributed by atoms with E-state index in [9.17, 15) is 0 Å². The van der Waals surface area contributed by atoms with Crippen molar-refractivity contribution in [3.63, 3.8) is 0 Å². The number of rotatable bonds is 11. The average Bonchev–Trinajstić information content (AvgIpc) is 2.53. The summed E-state index contributed by atoms with van der Waals surface area (Å²) in [6.45, 7) is 5.46. The zero-order chi connectivity index (χ0) is 17.3. The van der Waals surface area contributed by atoms with Crippen molar-refractivity contribution >= 4 is 0 Å². The van der Waals surface area contributed by atoms with E-state index in [0.29, 0.717) is 13.2 Å². The fourth-order valence-electron chi connectivity index (χ4n) is 2.55. The molecule has 5 heteroatoms.